The zero-order valence-corrected chi connectivity index (χ0v) is 11.1. The van der Waals surface area contributed by atoms with Crippen LogP contribution in [0.5, 0.6) is 0 Å². The van der Waals surface area contributed by atoms with Gasteiger partial charge in [0.15, 0.2) is 0 Å². The summed E-state index contributed by atoms with van der Waals surface area (Å²) < 4.78 is 0. The first kappa shape index (κ1) is 13.1. The van der Waals surface area contributed by atoms with Crippen LogP contribution in [0, 0.1) is 0 Å². The Kier molecular flexibility index (Phi) is 3.71. The molecule has 0 bridgehead atoms. The maximum atomic E-state index is 11.7. The Labute approximate surface area is 108 Å². The molecule has 2 rings (SSSR count). The Hall–Kier alpha value is -1.35. The third kappa shape index (κ3) is 2.27. The molecule has 0 amide bonds. The summed E-state index contributed by atoms with van der Waals surface area (Å²) in [7, 11) is 0. The number of hydrogen-bond acceptors (Lipinski definition) is 2. The quantitative estimate of drug-likeness (QED) is 0.840. The van der Waals surface area contributed by atoms with Crippen LogP contribution in [-0.4, -0.2) is 22.7 Å². The summed E-state index contributed by atoms with van der Waals surface area (Å²) >= 11 is 0. The van der Waals surface area contributed by atoms with Crippen LogP contribution in [0.15, 0.2) is 24.3 Å². The van der Waals surface area contributed by atoms with Crippen LogP contribution in [0.1, 0.15) is 37.8 Å². The van der Waals surface area contributed by atoms with E-state index in [9.17, 15) is 9.90 Å². The number of benzene rings is 1. The topological polar surface area (TPSA) is 49.3 Å². The number of hydrogen-bond donors (Lipinski definition) is 2. The van der Waals surface area contributed by atoms with Gasteiger partial charge in [-0.1, -0.05) is 38.1 Å². The van der Waals surface area contributed by atoms with Crippen LogP contribution in [0.3, 0.4) is 0 Å². The number of carboxylic acids is 1. The molecule has 0 unspecified atom stereocenters. The molecule has 98 valence electrons. The van der Waals surface area contributed by atoms with Gasteiger partial charge < -0.3 is 5.11 Å². The largest absolute Gasteiger partial charge is 0.480 e. The van der Waals surface area contributed by atoms with Crippen LogP contribution < -0.4 is 5.32 Å². The smallest absolute Gasteiger partial charge is 0.324 e. The van der Waals surface area contributed by atoms with Gasteiger partial charge in [-0.3, -0.25) is 10.1 Å². The minimum absolute atomic E-state index is 0.274. The van der Waals surface area contributed by atoms with E-state index in [-0.39, 0.29) is 6.04 Å². The van der Waals surface area contributed by atoms with Crippen molar-refractivity contribution in [2.24, 2.45) is 0 Å². The van der Waals surface area contributed by atoms with Crippen molar-refractivity contribution < 1.29 is 9.90 Å². The Morgan fingerprint density at radius 3 is 2.17 bits per heavy atom. The summed E-state index contributed by atoms with van der Waals surface area (Å²) in [5.41, 5.74) is 1.53. The zero-order valence-electron chi connectivity index (χ0n) is 11.1. The molecule has 0 fully saturated rings. The third-order valence-corrected chi connectivity index (χ3v) is 3.98. The van der Waals surface area contributed by atoms with Crippen LogP contribution in [0.2, 0.25) is 0 Å². The van der Waals surface area contributed by atoms with Gasteiger partial charge in [0.2, 0.25) is 0 Å². The van der Waals surface area contributed by atoms with Gasteiger partial charge >= 0.3 is 5.97 Å². The molecular weight excluding hydrogens is 226 g/mol. The van der Waals surface area contributed by atoms with Crippen molar-refractivity contribution in [1.29, 1.82) is 0 Å². The molecule has 1 aromatic rings. The summed E-state index contributed by atoms with van der Waals surface area (Å²) in [6.45, 7) is 4.19. The van der Waals surface area contributed by atoms with E-state index in [1.165, 1.54) is 11.1 Å². The molecule has 3 nitrogen and oxygen atoms in total. The molecule has 0 radical (unpaired) electrons. The number of fused-ring (bicyclic) bond motifs is 1. The maximum absolute atomic E-state index is 11.7. The number of aliphatic carboxylic acids is 1. The second-order valence-electron chi connectivity index (χ2n) is 5.17. The first-order valence-electron chi connectivity index (χ1n) is 6.69. The average Bonchev–Trinajstić information content (AvgIpc) is 2.75. The summed E-state index contributed by atoms with van der Waals surface area (Å²) in [6.07, 6.45) is 3.10. The monoisotopic (exact) mass is 247 g/mol. The SMILES string of the molecule is CCC(CC)NC1(C(=O)O)Cc2ccccc2C1. The molecule has 0 saturated carbocycles. The van der Waals surface area contributed by atoms with Crippen molar-refractivity contribution in [1.82, 2.24) is 5.32 Å². The summed E-state index contributed by atoms with van der Waals surface area (Å²) in [6, 6.07) is 8.31. The molecule has 1 aliphatic carbocycles. The first-order valence-corrected chi connectivity index (χ1v) is 6.69. The highest BCUT2D eigenvalue weighted by atomic mass is 16.4. The Bertz CT molecular complexity index is 413. The minimum Gasteiger partial charge on any atom is -0.480 e. The molecule has 1 aliphatic rings. The zero-order chi connectivity index (χ0) is 13.2. The summed E-state index contributed by atoms with van der Waals surface area (Å²) in [5, 5.41) is 13.0. The Morgan fingerprint density at radius 1 is 1.28 bits per heavy atom. The fraction of sp³-hybridized carbons (Fsp3) is 0.533. The van der Waals surface area contributed by atoms with E-state index >= 15 is 0 Å². The van der Waals surface area contributed by atoms with Gasteiger partial charge in [0, 0.05) is 18.9 Å². The third-order valence-electron chi connectivity index (χ3n) is 3.98. The van der Waals surface area contributed by atoms with Crippen molar-refractivity contribution in [2.45, 2.75) is 51.1 Å². The molecule has 2 N–H and O–H groups in total. The van der Waals surface area contributed by atoms with E-state index in [2.05, 4.69) is 19.2 Å². The van der Waals surface area contributed by atoms with Gasteiger partial charge in [-0.15, -0.1) is 0 Å². The maximum Gasteiger partial charge on any atom is 0.324 e. The molecular formula is C15H21NO2. The van der Waals surface area contributed by atoms with Crippen LogP contribution in [-0.2, 0) is 17.6 Å². The Morgan fingerprint density at radius 2 is 1.78 bits per heavy atom. The van der Waals surface area contributed by atoms with Gasteiger partial charge in [0.05, 0.1) is 0 Å². The van der Waals surface area contributed by atoms with Crippen molar-refractivity contribution in [2.75, 3.05) is 0 Å². The van der Waals surface area contributed by atoms with Gasteiger partial charge in [0.25, 0.3) is 0 Å². The molecule has 0 atom stereocenters. The van der Waals surface area contributed by atoms with E-state index in [0.29, 0.717) is 12.8 Å². The fourth-order valence-electron chi connectivity index (χ4n) is 2.81. The second kappa shape index (κ2) is 5.11. The van der Waals surface area contributed by atoms with Gasteiger partial charge in [-0.25, -0.2) is 0 Å². The predicted molar refractivity (Wildman–Crippen MR) is 71.7 cm³/mol. The lowest BCUT2D eigenvalue weighted by Gasteiger charge is -2.30. The molecule has 0 heterocycles. The first-order chi connectivity index (χ1) is 8.61. The van der Waals surface area contributed by atoms with E-state index in [1.807, 2.05) is 24.3 Å². The summed E-state index contributed by atoms with van der Waals surface area (Å²) in [4.78, 5) is 11.7. The molecule has 0 spiro atoms. The van der Waals surface area contributed by atoms with Crippen LogP contribution >= 0.6 is 0 Å². The average molecular weight is 247 g/mol. The number of nitrogens with one attached hydrogen (secondary N) is 1. The molecule has 0 aliphatic heterocycles. The predicted octanol–water partition coefficient (Wildman–Crippen LogP) is 2.39. The lowest BCUT2D eigenvalue weighted by molar-refractivity contribution is -0.145. The van der Waals surface area contributed by atoms with E-state index in [4.69, 9.17) is 0 Å². The minimum atomic E-state index is -0.805. The van der Waals surface area contributed by atoms with Gasteiger partial charge in [-0.05, 0) is 24.0 Å². The lowest BCUT2D eigenvalue weighted by Crippen LogP contribution is -2.56. The van der Waals surface area contributed by atoms with Gasteiger partial charge in [0.1, 0.15) is 5.54 Å². The molecule has 3 heteroatoms. The number of carboxylic acid groups (broad SMARTS) is 1. The van der Waals surface area contributed by atoms with Gasteiger partial charge in [-0.2, -0.15) is 0 Å². The highest BCUT2D eigenvalue weighted by molar-refractivity contribution is 5.81. The molecule has 0 aromatic heterocycles. The highest BCUT2D eigenvalue weighted by Crippen LogP contribution is 2.31. The number of rotatable bonds is 5. The van der Waals surface area contributed by atoms with Crippen LogP contribution in [0.25, 0.3) is 0 Å². The lowest BCUT2D eigenvalue weighted by atomic mass is 9.93. The normalized spacial score (nSPS) is 16.8. The van der Waals surface area contributed by atoms with Crippen molar-refractivity contribution >= 4 is 5.97 Å². The van der Waals surface area contributed by atoms with Crippen molar-refractivity contribution in [3.63, 3.8) is 0 Å². The molecule has 1 aromatic carbocycles. The van der Waals surface area contributed by atoms with Crippen molar-refractivity contribution in [3.05, 3.63) is 35.4 Å². The number of carbonyl (C=O) groups is 1. The second-order valence-corrected chi connectivity index (χ2v) is 5.17. The standard InChI is InChI=1S/C15H21NO2/c1-3-13(4-2)16-15(14(17)18)9-11-7-5-6-8-12(11)10-15/h5-8,13,16H,3-4,9-10H2,1-2H3,(H,17,18). The fourth-order valence-corrected chi connectivity index (χ4v) is 2.81. The highest BCUT2D eigenvalue weighted by Gasteiger charge is 2.44. The molecule has 0 saturated heterocycles. The van der Waals surface area contributed by atoms with E-state index < -0.39 is 11.5 Å². The summed E-state index contributed by atoms with van der Waals surface area (Å²) in [5.74, 6) is -0.731. The van der Waals surface area contributed by atoms with Crippen molar-refractivity contribution in [3.8, 4) is 0 Å². The van der Waals surface area contributed by atoms with E-state index in [1.54, 1.807) is 0 Å². The van der Waals surface area contributed by atoms with E-state index in [0.717, 1.165) is 12.8 Å². The van der Waals surface area contributed by atoms with Crippen LogP contribution in [0.4, 0.5) is 0 Å². The molecule has 18 heavy (non-hydrogen) atoms. The Balaban J connectivity index is 2.24.